The molecule has 1 saturated carbocycles. The molecular formula is C29H33Cl2N3O7. The number of carbonyl (C=O) groups excluding carboxylic acids is 3. The minimum atomic E-state index is -1.23. The van der Waals surface area contributed by atoms with Crippen molar-refractivity contribution in [2.75, 3.05) is 11.9 Å². The van der Waals surface area contributed by atoms with E-state index in [0.29, 0.717) is 24.1 Å². The Bertz CT molecular complexity index is 1330. The van der Waals surface area contributed by atoms with Gasteiger partial charge in [-0.15, -0.1) is 0 Å². The lowest BCUT2D eigenvalue weighted by Crippen LogP contribution is -2.52. The summed E-state index contributed by atoms with van der Waals surface area (Å²) >= 11 is 12.2. The Morgan fingerprint density at radius 3 is 2.15 bits per heavy atom. The maximum absolute atomic E-state index is 13.3. The fourth-order valence-corrected chi connectivity index (χ4v) is 5.75. The molecule has 1 fully saturated rings. The molecular weight excluding hydrogens is 573 g/mol. The van der Waals surface area contributed by atoms with Crippen LogP contribution in [-0.2, 0) is 25.6 Å². The molecule has 10 nitrogen and oxygen atoms in total. The van der Waals surface area contributed by atoms with Gasteiger partial charge >= 0.3 is 11.9 Å². The van der Waals surface area contributed by atoms with Crippen LogP contribution in [0.5, 0.6) is 0 Å². The van der Waals surface area contributed by atoms with Crippen LogP contribution < -0.4 is 16.0 Å². The number of hydrogen-bond acceptors (Lipinski definition) is 5. The third-order valence-electron chi connectivity index (χ3n) is 8.12. The molecule has 2 unspecified atom stereocenters. The van der Waals surface area contributed by atoms with E-state index in [4.69, 9.17) is 28.3 Å². The number of rotatable bonds is 11. The molecule has 220 valence electrons. The van der Waals surface area contributed by atoms with Crippen molar-refractivity contribution in [3.63, 3.8) is 0 Å². The predicted molar refractivity (Wildman–Crippen MR) is 154 cm³/mol. The zero-order valence-corrected chi connectivity index (χ0v) is 24.4. The number of carboxylic acids is 2. The van der Waals surface area contributed by atoms with Crippen LogP contribution >= 0.6 is 23.2 Å². The Labute approximate surface area is 247 Å². The Balaban J connectivity index is 1.65. The highest BCUT2D eigenvalue weighted by Gasteiger charge is 2.58. The van der Waals surface area contributed by atoms with Gasteiger partial charge < -0.3 is 26.2 Å². The highest BCUT2D eigenvalue weighted by atomic mass is 35.5. The van der Waals surface area contributed by atoms with Crippen molar-refractivity contribution in [2.45, 2.75) is 52.5 Å². The number of carbonyl (C=O) groups is 5. The summed E-state index contributed by atoms with van der Waals surface area (Å²) in [5.74, 6) is -4.17. The van der Waals surface area contributed by atoms with Crippen molar-refractivity contribution in [1.82, 2.24) is 10.6 Å². The largest absolute Gasteiger partial charge is 0.481 e. The zero-order valence-electron chi connectivity index (χ0n) is 22.9. The second kappa shape index (κ2) is 12.9. The molecule has 0 aromatic heterocycles. The van der Waals surface area contributed by atoms with Gasteiger partial charge in [-0.1, -0.05) is 62.2 Å². The molecule has 0 spiro atoms. The van der Waals surface area contributed by atoms with Crippen LogP contribution in [0.4, 0.5) is 5.69 Å². The maximum Gasteiger partial charge on any atom is 0.326 e. The first kappa shape index (κ1) is 31.9. The smallest absolute Gasteiger partial charge is 0.326 e. The Morgan fingerprint density at radius 1 is 0.976 bits per heavy atom. The van der Waals surface area contributed by atoms with Gasteiger partial charge in [0, 0.05) is 24.6 Å². The summed E-state index contributed by atoms with van der Waals surface area (Å²) in [6.07, 6.45) is 0.542. The van der Waals surface area contributed by atoms with Crippen LogP contribution in [-0.4, -0.2) is 52.5 Å². The third kappa shape index (κ3) is 7.18. The Morgan fingerprint density at radius 2 is 1.59 bits per heavy atom. The van der Waals surface area contributed by atoms with Gasteiger partial charge in [0.15, 0.2) is 0 Å². The number of nitrogens with one attached hydrogen (secondary N) is 3. The van der Waals surface area contributed by atoms with E-state index in [0.717, 1.165) is 0 Å². The van der Waals surface area contributed by atoms with Crippen molar-refractivity contribution < 1.29 is 34.2 Å². The van der Waals surface area contributed by atoms with Crippen LogP contribution in [0, 0.1) is 16.7 Å². The van der Waals surface area contributed by atoms with Crippen molar-refractivity contribution in [1.29, 1.82) is 0 Å². The van der Waals surface area contributed by atoms with Gasteiger partial charge in [-0.2, -0.15) is 0 Å². The number of anilines is 1. The average molecular weight is 607 g/mol. The number of hydrogen-bond donors (Lipinski definition) is 5. The summed E-state index contributed by atoms with van der Waals surface area (Å²) in [6.45, 7) is 5.30. The standard InChI is InChI=1S/C29H33Cl2N3O7/c1-28(2)18(11-13-29(28,3)27(41)32-14-12-22(35)36)24(37)34-21(26(39)40)15-16-7-9-17(10-8-16)33-25(38)23-19(30)5-4-6-20(23)31/h4-10,18,21H,11-15H2,1-3H3,(H,32,41)(H,33,38)(H,34,37)(H,35,36)(H,39,40)/t18?,21-,29?/m0/s1. The third-order valence-corrected chi connectivity index (χ3v) is 8.75. The molecule has 0 heterocycles. The molecule has 0 radical (unpaired) electrons. The van der Waals surface area contributed by atoms with Gasteiger partial charge in [0.25, 0.3) is 5.91 Å². The molecule has 12 heteroatoms. The fraction of sp³-hybridized carbons (Fsp3) is 0.414. The van der Waals surface area contributed by atoms with Gasteiger partial charge in [0.05, 0.1) is 27.4 Å². The molecule has 1 aliphatic rings. The second-order valence-electron chi connectivity index (χ2n) is 10.9. The van der Waals surface area contributed by atoms with Gasteiger partial charge in [-0.05, 0) is 48.1 Å². The molecule has 0 saturated heterocycles. The molecule has 5 N–H and O–H groups in total. The van der Waals surface area contributed by atoms with Crippen LogP contribution in [0.15, 0.2) is 42.5 Å². The zero-order chi connectivity index (χ0) is 30.5. The summed E-state index contributed by atoms with van der Waals surface area (Å²) in [6, 6.07) is 10.00. The topological polar surface area (TPSA) is 162 Å². The van der Waals surface area contributed by atoms with Gasteiger partial charge in [0.1, 0.15) is 6.04 Å². The monoisotopic (exact) mass is 605 g/mol. The quantitative estimate of drug-likeness (QED) is 0.253. The first-order valence-electron chi connectivity index (χ1n) is 13.0. The summed E-state index contributed by atoms with van der Waals surface area (Å²) in [5, 5.41) is 27.1. The minimum Gasteiger partial charge on any atom is -0.481 e. The molecule has 2 aromatic rings. The van der Waals surface area contributed by atoms with E-state index >= 15 is 0 Å². The van der Waals surface area contributed by atoms with Gasteiger partial charge in [0.2, 0.25) is 11.8 Å². The van der Waals surface area contributed by atoms with Crippen molar-refractivity contribution in [2.24, 2.45) is 16.7 Å². The molecule has 3 rings (SSSR count). The van der Waals surface area contributed by atoms with E-state index in [1.807, 2.05) is 0 Å². The lowest BCUT2D eigenvalue weighted by Gasteiger charge is -2.40. The molecule has 41 heavy (non-hydrogen) atoms. The Hall–Kier alpha value is -3.63. The van der Waals surface area contributed by atoms with E-state index in [1.54, 1.807) is 63.2 Å². The first-order chi connectivity index (χ1) is 19.2. The maximum atomic E-state index is 13.3. The first-order valence-corrected chi connectivity index (χ1v) is 13.8. The van der Waals surface area contributed by atoms with Crippen molar-refractivity contribution in [3.8, 4) is 0 Å². The number of amides is 3. The number of halogens is 2. The lowest BCUT2D eigenvalue weighted by atomic mass is 9.65. The normalized spacial score (nSPS) is 20.1. The Kier molecular flexibility index (Phi) is 10.0. The summed E-state index contributed by atoms with van der Waals surface area (Å²) in [4.78, 5) is 61.7. The summed E-state index contributed by atoms with van der Waals surface area (Å²) < 4.78 is 0. The van der Waals surface area contributed by atoms with Crippen LogP contribution in [0.3, 0.4) is 0 Å². The molecule has 2 aromatic carbocycles. The molecule has 0 aliphatic heterocycles. The molecule has 3 atom stereocenters. The summed E-state index contributed by atoms with van der Waals surface area (Å²) in [7, 11) is 0. The molecule has 3 amide bonds. The summed E-state index contributed by atoms with van der Waals surface area (Å²) in [5.41, 5.74) is -0.574. The van der Waals surface area contributed by atoms with Gasteiger partial charge in [-0.3, -0.25) is 19.2 Å². The van der Waals surface area contributed by atoms with Crippen LogP contribution in [0.25, 0.3) is 0 Å². The molecule has 1 aliphatic carbocycles. The predicted octanol–water partition coefficient (Wildman–Crippen LogP) is 4.39. The lowest BCUT2D eigenvalue weighted by molar-refractivity contribution is -0.145. The number of carboxylic acid groups (broad SMARTS) is 2. The second-order valence-corrected chi connectivity index (χ2v) is 11.7. The number of benzene rings is 2. The van der Waals surface area contributed by atoms with E-state index in [9.17, 15) is 29.1 Å². The van der Waals surface area contributed by atoms with E-state index in [1.165, 1.54) is 0 Å². The van der Waals surface area contributed by atoms with Gasteiger partial charge in [-0.25, -0.2) is 4.79 Å². The minimum absolute atomic E-state index is 0.00820. The van der Waals surface area contributed by atoms with E-state index in [-0.39, 0.29) is 40.9 Å². The van der Waals surface area contributed by atoms with E-state index in [2.05, 4.69) is 16.0 Å². The van der Waals surface area contributed by atoms with Crippen LogP contribution in [0.2, 0.25) is 10.0 Å². The highest BCUT2D eigenvalue weighted by Crippen LogP contribution is 2.56. The molecule has 0 bridgehead atoms. The number of aliphatic carboxylic acids is 2. The average Bonchev–Trinajstić information content (AvgIpc) is 3.13. The van der Waals surface area contributed by atoms with Crippen molar-refractivity contribution in [3.05, 3.63) is 63.6 Å². The van der Waals surface area contributed by atoms with Crippen LogP contribution in [0.1, 0.15) is 56.0 Å². The van der Waals surface area contributed by atoms with E-state index < -0.39 is 46.5 Å². The van der Waals surface area contributed by atoms with Crippen molar-refractivity contribution >= 4 is 58.5 Å². The highest BCUT2D eigenvalue weighted by molar-refractivity contribution is 6.40. The fourth-order valence-electron chi connectivity index (χ4n) is 5.18. The SMILES string of the molecule is CC1(C(=O)NCCC(=O)O)CCC(C(=O)N[C@@H](Cc2ccc(NC(=O)c3c(Cl)cccc3Cl)cc2)C(=O)O)C1(C)C.